The second-order valence-corrected chi connectivity index (χ2v) is 4.85. The van der Waals surface area contributed by atoms with E-state index in [0.29, 0.717) is 0 Å². The van der Waals surface area contributed by atoms with Gasteiger partial charge in [0.05, 0.1) is 14.2 Å². The Labute approximate surface area is 123 Å². The van der Waals surface area contributed by atoms with Crippen LogP contribution in [0.4, 0.5) is 5.82 Å². The van der Waals surface area contributed by atoms with Crippen LogP contribution in [0.5, 0.6) is 11.5 Å². The number of anilines is 1. The molecule has 0 fully saturated rings. The summed E-state index contributed by atoms with van der Waals surface area (Å²) in [5, 5.41) is 13.6. The van der Waals surface area contributed by atoms with Crippen molar-refractivity contribution in [3.05, 3.63) is 40.8 Å². The molecule has 6 nitrogen and oxygen atoms in total. The van der Waals surface area contributed by atoms with Crippen LogP contribution >= 0.6 is 0 Å². The summed E-state index contributed by atoms with van der Waals surface area (Å²) < 4.78 is 10.8. The molecule has 3 rings (SSSR count). The Bertz CT molecular complexity index is 691. The van der Waals surface area contributed by atoms with Gasteiger partial charge in [0.2, 0.25) is 0 Å². The molecule has 21 heavy (non-hydrogen) atoms. The average molecular weight is 286 g/mol. The van der Waals surface area contributed by atoms with Crippen molar-refractivity contribution in [1.82, 2.24) is 15.5 Å². The van der Waals surface area contributed by atoms with E-state index in [2.05, 4.69) is 20.8 Å². The number of fused-ring (bicyclic) bond motifs is 1. The first-order valence-corrected chi connectivity index (χ1v) is 6.69. The molecule has 0 saturated heterocycles. The van der Waals surface area contributed by atoms with E-state index in [1.54, 1.807) is 14.2 Å². The fourth-order valence-electron chi connectivity index (χ4n) is 2.39. The quantitative estimate of drug-likeness (QED) is 0.804. The molecule has 1 aromatic heterocycles. The van der Waals surface area contributed by atoms with E-state index >= 15 is 0 Å². The SMILES string of the molecule is COc1ccc2c(c1OC)C=C(Nc1cc(C)[nH]n1)NC2. The third-order valence-corrected chi connectivity index (χ3v) is 3.40. The normalized spacial score (nSPS) is 13.0. The lowest BCUT2D eigenvalue weighted by molar-refractivity contribution is 0.353. The van der Waals surface area contributed by atoms with Gasteiger partial charge >= 0.3 is 0 Å². The van der Waals surface area contributed by atoms with Gasteiger partial charge in [-0.25, -0.2) is 0 Å². The zero-order chi connectivity index (χ0) is 14.8. The number of aromatic amines is 1. The first-order chi connectivity index (χ1) is 10.2. The van der Waals surface area contributed by atoms with Crippen LogP contribution in [0, 0.1) is 6.92 Å². The molecule has 0 unspecified atom stereocenters. The number of rotatable bonds is 4. The predicted molar refractivity (Wildman–Crippen MR) is 81.3 cm³/mol. The highest BCUT2D eigenvalue weighted by molar-refractivity contribution is 5.70. The van der Waals surface area contributed by atoms with Crippen molar-refractivity contribution in [1.29, 1.82) is 0 Å². The van der Waals surface area contributed by atoms with Crippen LogP contribution in [0.25, 0.3) is 6.08 Å². The number of hydrogen-bond donors (Lipinski definition) is 3. The van der Waals surface area contributed by atoms with Gasteiger partial charge in [0.15, 0.2) is 17.3 Å². The number of nitrogens with one attached hydrogen (secondary N) is 3. The Morgan fingerprint density at radius 2 is 2.10 bits per heavy atom. The molecule has 0 saturated carbocycles. The van der Waals surface area contributed by atoms with E-state index in [0.717, 1.165) is 46.5 Å². The van der Waals surface area contributed by atoms with Crippen LogP contribution in [0.3, 0.4) is 0 Å². The summed E-state index contributed by atoms with van der Waals surface area (Å²) in [7, 11) is 3.29. The van der Waals surface area contributed by atoms with Crippen molar-refractivity contribution in [2.45, 2.75) is 13.5 Å². The summed E-state index contributed by atoms with van der Waals surface area (Å²) in [5.74, 6) is 3.12. The number of nitrogens with zero attached hydrogens (tertiary/aromatic N) is 1. The molecule has 0 bridgehead atoms. The molecule has 3 N–H and O–H groups in total. The number of benzene rings is 1. The predicted octanol–water partition coefficient (Wildman–Crippen LogP) is 2.25. The lowest BCUT2D eigenvalue weighted by Gasteiger charge is -2.22. The minimum absolute atomic E-state index is 0.720. The molecule has 0 atom stereocenters. The van der Waals surface area contributed by atoms with Crippen molar-refractivity contribution in [2.75, 3.05) is 19.5 Å². The van der Waals surface area contributed by atoms with E-state index in [4.69, 9.17) is 9.47 Å². The highest BCUT2D eigenvalue weighted by atomic mass is 16.5. The van der Waals surface area contributed by atoms with Gasteiger partial charge in [0, 0.05) is 23.9 Å². The van der Waals surface area contributed by atoms with Crippen LogP contribution in [0.2, 0.25) is 0 Å². The highest BCUT2D eigenvalue weighted by Crippen LogP contribution is 2.36. The Balaban J connectivity index is 1.95. The van der Waals surface area contributed by atoms with E-state index in [1.165, 1.54) is 0 Å². The maximum Gasteiger partial charge on any atom is 0.168 e. The highest BCUT2D eigenvalue weighted by Gasteiger charge is 2.18. The number of aryl methyl sites for hydroxylation is 1. The molecule has 1 aliphatic heterocycles. The number of methoxy groups -OCH3 is 2. The zero-order valence-electron chi connectivity index (χ0n) is 12.3. The van der Waals surface area contributed by atoms with Gasteiger partial charge in [0.1, 0.15) is 5.82 Å². The minimum atomic E-state index is 0.720. The minimum Gasteiger partial charge on any atom is -0.493 e. The van der Waals surface area contributed by atoms with Crippen LogP contribution in [-0.4, -0.2) is 24.4 Å². The number of hydrogen-bond acceptors (Lipinski definition) is 5. The van der Waals surface area contributed by atoms with Gasteiger partial charge in [-0.15, -0.1) is 0 Å². The van der Waals surface area contributed by atoms with Crippen molar-refractivity contribution < 1.29 is 9.47 Å². The Morgan fingerprint density at radius 1 is 1.24 bits per heavy atom. The van der Waals surface area contributed by atoms with Gasteiger partial charge in [-0.2, -0.15) is 5.10 Å². The molecule has 1 aliphatic rings. The van der Waals surface area contributed by atoms with Crippen LogP contribution in [0.15, 0.2) is 24.0 Å². The summed E-state index contributed by atoms with van der Waals surface area (Å²) in [6.45, 7) is 2.68. The Kier molecular flexibility index (Phi) is 3.43. The van der Waals surface area contributed by atoms with Gasteiger partial charge in [0.25, 0.3) is 0 Å². The number of H-pyrrole nitrogens is 1. The van der Waals surface area contributed by atoms with E-state index in [-0.39, 0.29) is 0 Å². The molecule has 0 spiro atoms. The standard InChI is InChI=1S/C15H18N4O2/c1-9-6-14(19-18-9)17-13-7-11-10(8-16-13)4-5-12(20-2)15(11)21-3/h4-7,16H,8H2,1-3H3,(H2,17,18,19). The fourth-order valence-corrected chi connectivity index (χ4v) is 2.39. The lowest BCUT2D eigenvalue weighted by Crippen LogP contribution is -2.23. The monoisotopic (exact) mass is 286 g/mol. The summed E-state index contributed by atoms with van der Waals surface area (Å²) in [6.07, 6.45) is 2.00. The zero-order valence-corrected chi connectivity index (χ0v) is 12.3. The molecule has 1 aromatic carbocycles. The average Bonchev–Trinajstić information content (AvgIpc) is 2.91. The largest absolute Gasteiger partial charge is 0.493 e. The first-order valence-electron chi connectivity index (χ1n) is 6.69. The smallest absolute Gasteiger partial charge is 0.168 e. The third kappa shape index (κ3) is 2.52. The Hall–Kier alpha value is -2.63. The van der Waals surface area contributed by atoms with Crippen molar-refractivity contribution >= 4 is 11.9 Å². The summed E-state index contributed by atoms with van der Waals surface area (Å²) in [4.78, 5) is 0. The van der Waals surface area contributed by atoms with Crippen molar-refractivity contribution in [2.24, 2.45) is 0 Å². The second-order valence-electron chi connectivity index (χ2n) is 4.85. The number of aromatic nitrogens is 2. The van der Waals surface area contributed by atoms with Gasteiger partial charge < -0.3 is 20.1 Å². The lowest BCUT2D eigenvalue weighted by atomic mass is 10.0. The van der Waals surface area contributed by atoms with Crippen LogP contribution in [-0.2, 0) is 6.54 Å². The van der Waals surface area contributed by atoms with Crippen LogP contribution < -0.4 is 20.1 Å². The molecule has 2 heterocycles. The maximum absolute atomic E-state index is 5.49. The maximum atomic E-state index is 5.49. The number of ether oxygens (including phenoxy) is 2. The molecule has 0 radical (unpaired) electrons. The molecular formula is C15H18N4O2. The first kappa shape index (κ1) is 13.4. The summed E-state index contributed by atoms with van der Waals surface area (Å²) in [5.41, 5.74) is 3.19. The topological polar surface area (TPSA) is 71.2 Å². The summed E-state index contributed by atoms with van der Waals surface area (Å²) >= 11 is 0. The Morgan fingerprint density at radius 3 is 2.76 bits per heavy atom. The van der Waals surface area contributed by atoms with Crippen molar-refractivity contribution in [3.8, 4) is 11.5 Å². The van der Waals surface area contributed by atoms with Gasteiger partial charge in [-0.1, -0.05) is 6.07 Å². The van der Waals surface area contributed by atoms with Gasteiger partial charge in [-0.3, -0.25) is 5.10 Å². The van der Waals surface area contributed by atoms with E-state index in [9.17, 15) is 0 Å². The second kappa shape index (κ2) is 5.40. The van der Waals surface area contributed by atoms with Crippen molar-refractivity contribution in [3.63, 3.8) is 0 Å². The summed E-state index contributed by atoms with van der Waals surface area (Å²) in [6, 6.07) is 5.90. The van der Waals surface area contributed by atoms with Crippen LogP contribution in [0.1, 0.15) is 16.8 Å². The van der Waals surface area contributed by atoms with E-state index in [1.807, 2.05) is 31.2 Å². The molecule has 110 valence electrons. The third-order valence-electron chi connectivity index (χ3n) is 3.40. The molecule has 0 aliphatic carbocycles. The van der Waals surface area contributed by atoms with E-state index < -0.39 is 0 Å². The fraction of sp³-hybridized carbons (Fsp3) is 0.267. The molecule has 0 amide bonds. The van der Waals surface area contributed by atoms with Gasteiger partial charge in [-0.05, 0) is 24.6 Å². The molecule has 6 heteroatoms. The molecular weight excluding hydrogens is 268 g/mol. The molecule has 2 aromatic rings.